The molecule has 2 heteroatoms. The Labute approximate surface area is 113 Å². The van der Waals surface area contributed by atoms with Crippen molar-refractivity contribution in [3.05, 3.63) is 27.5 Å². The highest BCUT2D eigenvalue weighted by molar-refractivity contribution is 7.11. The van der Waals surface area contributed by atoms with Crippen LogP contribution < -0.4 is 0 Å². The van der Waals surface area contributed by atoms with Crippen LogP contribution in [0.25, 0.3) is 6.08 Å². The van der Waals surface area contributed by atoms with Crippen molar-refractivity contribution in [1.82, 2.24) is 0 Å². The van der Waals surface area contributed by atoms with Gasteiger partial charge in [-0.05, 0) is 67.2 Å². The van der Waals surface area contributed by atoms with Crippen molar-refractivity contribution in [1.29, 1.82) is 0 Å². The van der Waals surface area contributed by atoms with Crippen molar-refractivity contribution in [3.63, 3.8) is 0 Å². The molecule has 1 aromatic heterocycles. The predicted molar refractivity (Wildman–Crippen MR) is 76.7 cm³/mol. The maximum absolute atomic E-state index is 12.5. The molecule has 0 aromatic carbocycles. The molecule has 1 nitrogen and oxygen atoms in total. The van der Waals surface area contributed by atoms with Gasteiger partial charge in [-0.15, -0.1) is 11.3 Å². The topological polar surface area (TPSA) is 17.1 Å². The van der Waals surface area contributed by atoms with Crippen molar-refractivity contribution < 1.29 is 4.79 Å². The van der Waals surface area contributed by atoms with Crippen LogP contribution in [0.5, 0.6) is 0 Å². The number of hydrogen-bond acceptors (Lipinski definition) is 2. The van der Waals surface area contributed by atoms with Crippen LogP contribution in [-0.4, -0.2) is 5.78 Å². The number of carbonyl (C=O) groups excluding carboxylic acids is 1. The molecule has 18 heavy (non-hydrogen) atoms. The Balaban J connectivity index is 1.78. The largest absolute Gasteiger partial charge is 0.294 e. The summed E-state index contributed by atoms with van der Waals surface area (Å²) in [6.07, 6.45) is 9.47. The van der Waals surface area contributed by atoms with Gasteiger partial charge in [0.1, 0.15) is 0 Å². The fraction of sp³-hybridized carbons (Fsp3) is 0.562. The molecule has 0 bridgehead atoms. The molecule has 1 atom stereocenters. The van der Waals surface area contributed by atoms with Crippen molar-refractivity contribution >= 4 is 23.2 Å². The SMILES string of the molecule is Cc1ccsc1/C=C1\CC[C@@H](C2CCCC2)C1=O. The highest BCUT2D eigenvalue weighted by Gasteiger charge is 2.36. The van der Waals surface area contributed by atoms with E-state index in [4.69, 9.17) is 0 Å². The minimum absolute atomic E-state index is 0.346. The lowest BCUT2D eigenvalue weighted by molar-refractivity contribution is -0.119. The summed E-state index contributed by atoms with van der Waals surface area (Å²) in [7, 11) is 0. The number of allylic oxidation sites excluding steroid dienone is 1. The van der Waals surface area contributed by atoms with Crippen LogP contribution in [0.1, 0.15) is 49.0 Å². The Kier molecular flexibility index (Phi) is 3.38. The number of carbonyl (C=O) groups is 1. The lowest BCUT2D eigenvalue weighted by atomic mass is 9.88. The van der Waals surface area contributed by atoms with E-state index in [2.05, 4.69) is 24.4 Å². The molecule has 2 saturated carbocycles. The van der Waals surface area contributed by atoms with Crippen LogP contribution in [0, 0.1) is 18.8 Å². The van der Waals surface area contributed by atoms with Gasteiger partial charge in [-0.2, -0.15) is 0 Å². The van der Waals surface area contributed by atoms with Gasteiger partial charge >= 0.3 is 0 Å². The Hall–Kier alpha value is -0.890. The Morgan fingerprint density at radius 3 is 2.72 bits per heavy atom. The van der Waals surface area contributed by atoms with Crippen LogP contribution in [-0.2, 0) is 4.79 Å². The summed E-state index contributed by atoms with van der Waals surface area (Å²) < 4.78 is 0. The van der Waals surface area contributed by atoms with Gasteiger partial charge < -0.3 is 0 Å². The van der Waals surface area contributed by atoms with E-state index >= 15 is 0 Å². The van der Waals surface area contributed by atoms with Gasteiger partial charge in [0.25, 0.3) is 0 Å². The van der Waals surface area contributed by atoms with Crippen LogP contribution in [0.3, 0.4) is 0 Å². The Bertz CT molecular complexity index is 477. The summed E-state index contributed by atoms with van der Waals surface area (Å²) >= 11 is 1.74. The molecule has 2 aliphatic carbocycles. The first-order valence-corrected chi connectivity index (χ1v) is 7.92. The monoisotopic (exact) mass is 260 g/mol. The molecule has 1 heterocycles. The molecule has 96 valence electrons. The van der Waals surface area contributed by atoms with E-state index in [0.29, 0.717) is 17.6 Å². The maximum atomic E-state index is 12.5. The predicted octanol–water partition coefficient (Wildman–Crippen LogP) is 4.61. The first kappa shape index (κ1) is 12.2. The highest BCUT2D eigenvalue weighted by atomic mass is 32.1. The zero-order valence-corrected chi connectivity index (χ0v) is 11.8. The summed E-state index contributed by atoms with van der Waals surface area (Å²) in [6, 6.07) is 2.13. The number of thiophene rings is 1. The van der Waals surface area contributed by atoms with E-state index in [1.807, 2.05) is 0 Å². The number of rotatable bonds is 2. The van der Waals surface area contributed by atoms with E-state index in [-0.39, 0.29) is 0 Å². The zero-order chi connectivity index (χ0) is 12.5. The maximum Gasteiger partial charge on any atom is 0.162 e. The molecule has 2 fully saturated rings. The quantitative estimate of drug-likeness (QED) is 0.710. The summed E-state index contributed by atoms with van der Waals surface area (Å²) in [4.78, 5) is 13.7. The minimum Gasteiger partial charge on any atom is -0.294 e. The highest BCUT2D eigenvalue weighted by Crippen LogP contribution is 2.41. The van der Waals surface area contributed by atoms with E-state index in [0.717, 1.165) is 18.4 Å². The van der Waals surface area contributed by atoms with E-state index in [1.165, 1.54) is 36.1 Å². The Morgan fingerprint density at radius 2 is 2.06 bits per heavy atom. The summed E-state index contributed by atoms with van der Waals surface area (Å²) in [5.41, 5.74) is 2.38. The molecular weight excluding hydrogens is 240 g/mol. The average molecular weight is 260 g/mol. The van der Waals surface area contributed by atoms with Crippen molar-refractivity contribution in [2.75, 3.05) is 0 Å². The van der Waals surface area contributed by atoms with Gasteiger partial charge in [0.2, 0.25) is 0 Å². The molecule has 0 amide bonds. The lowest BCUT2D eigenvalue weighted by Gasteiger charge is -2.15. The smallest absolute Gasteiger partial charge is 0.162 e. The van der Waals surface area contributed by atoms with Gasteiger partial charge in [-0.1, -0.05) is 12.8 Å². The molecule has 0 radical (unpaired) electrons. The first-order chi connectivity index (χ1) is 8.75. The van der Waals surface area contributed by atoms with Crippen molar-refractivity contribution in [2.45, 2.75) is 45.4 Å². The first-order valence-electron chi connectivity index (χ1n) is 7.04. The molecule has 3 rings (SSSR count). The van der Waals surface area contributed by atoms with E-state index in [1.54, 1.807) is 11.3 Å². The average Bonchev–Trinajstić information content (AvgIpc) is 3.05. The molecule has 2 aliphatic rings. The van der Waals surface area contributed by atoms with Gasteiger partial charge in [0, 0.05) is 10.8 Å². The lowest BCUT2D eigenvalue weighted by Crippen LogP contribution is -2.16. The summed E-state index contributed by atoms with van der Waals surface area (Å²) in [6.45, 7) is 2.12. The number of ketones is 1. The van der Waals surface area contributed by atoms with Gasteiger partial charge in [-0.3, -0.25) is 4.79 Å². The standard InChI is InChI=1S/C16H20OS/c1-11-8-9-18-15(11)10-13-6-7-14(16(13)17)12-4-2-3-5-12/h8-10,12,14H,2-7H2,1H3/b13-10+/t14-/m0/s1. The molecule has 0 saturated heterocycles. The zero-order valence-electron chi connectivity index (χ0n) is 10.9. The molecule has 0 N–H and O–H groups in total. The molecule has 1 aromatic rings. The molecule has 0 spiro atoms. The van der Waals surface area contributed by atoms with Crippen molar-refractivity contribution in [3.8, 4) is 0 Å². The number of Topliss-reactive ketones (excluding diaryl/α,β-unsaturated/α-hetero) is 1. The van der Waals surface area contributed by atoms with E-state index in [9.17, 15) is 4.79 Å². The van der Waals surface area contributed by atoms with Crippen LogP contribution in [0.4, 0.5) is 0 Å². The number of aryl methyl sites for hydroxylation is 1. The van der Waals surface area contributed by atoms with Gasteiger partial charge in [0.05, 0.1) is 0 Å². The second kappa shape index (κ2) is 5.00. The Morgan fingerprint density at radius 1 is 1.28 bits per heavy atom. The van der Waals surface area contributed by atoms with E-state index < -0.39 is 0 Å². The summed E-state index contributed by atoms with van der Waals surface area (Å²) in [5, 5.41) is 2.11. The third kappa shape index (κ3) is 2.18. The molecular formula is C16H20OS. The third-order valence-electron chi connectivity index (χ3n) is 4.55. The normalized spacial score (nSPS) is 27.5. The van der Waals surface area contributed by atoms with Crippen LogP contribution in [0.2, 0.25) is 0 Å². The molecule has 0 aliphatic heterocycles. The second-order valence-corrected chi connectivity index (χ2v) is 6.64. The van der Waals surface area contributed by atoms with Gasteiger partial charge in [0.15, 0.2) is 5.78 Å². The van der Waals surface area contributed by atoms with Gasteiger partial charge in [-0.25, -0.2) is 0 Å². The molecule has 0 unspecified atom stereocenters. The second-order valence-electron chi connectivity index (χ2n) is 5.69. The fourth-order valence-electron chi connectivity index (χ4n) is 3.45. The fourth-order valence-corrected chi connectivity index (χ4v) is 4.33. The van der Waals surface area contributed by atoms with Crippen LogP contribution in [0.15, 0.2) is 17.0 Å². The third-order valence-corrected chi connectivity index (χ3v) is 5.52. The van der Waals surface area contributed by atoms with Crippen molar-refractivity contribution in [2.24, 2.45) is 11.8 Å². The minimum atomic E-state index is 0.346. The number of hydrogen-bond donors (Lipinski definition) is 0. The summed E-state index contributed by atoms with van der Waals surface area (Å²) in [5.74, 6) is 1.49. The van der Waals surface area contributed by atoms with Crippen LogP contribution >= 0.6 is 11.3 Å².